The highest BCUT2D eigenvalue weighted by atomic mass is 35.5. The fraction of sp³-hybridized carbons (Fsp3) is 0.300. The number of carbonyl (C=O) groups excluding carboxylic acids is 2. The standard InChI is InChI=1S/C30H27Cl3F4N6O2/c1-15(30(35,36)37)27(44)38-14-16-5-7-19(31)26(25(16)33)41-29-40-22-12-18(28(45)39-17-6-8-21(34)20(32)11-17)23(13-24(22)42(29)2)43-9-3-4-10-43/h5-8,11-13,15H,3-4,9-10,14H2,1-2H3,(H,38,44)(H,39,45)(H,40,41). The van der Waals surface area contributed by atoms with Crippen molar-refractivity contribution in [3.8, 4) is 0 Å². The first kappa shape index (κ1) is 32.6. The predicted octanol–water partition coefficient (Wildman–Crippen LogP) is 8.08. The van der Waals surface area contributed by atoms with E-state index in [-0.39, 0.29) is 27.3 Å². The molecule has 4 aromatic rings. The van der Waals surface area contributed by atoms with E-state index in [4.69, 9.17) is 34.8 Å². The smallest absolute Gasteiger partial charge is 0.371 e. The third kappa shape index (κ3) is 6.92. The van der Waals surface area contributed by atoms with Gasteiger partial charge in [0, 0.05) is 32.4 Å². The van der Waals surface area contributed by atoms with Gasteiger partial charge in [-0.1, -0.05) is 40.9 Å². The van der Waals surface area contributed by atoms with Crippen molar-refractivity contribution in [2.75, 3.05) is 28.6 Å². The maximum Gasteiger partial charge on any atom is 0.400 e. The van der Waals surface area contributed by atoms with Crippen molar-refractivity contribution >= 4 is 80.7 Å². The fourth-order valence-electron chi connectivity index (χ4n) is 4.96. The predicted molar refractivity (Wildman–Crippen MR) is 168 cm³/mol. The van der Waals surface area contributed by atoms with Crippen LogP contribution in [-0.4, -0.2) is 40.6 Å². The Bertz CT molecular complexity index is 1790. The summed E-state index contributed by atoms with van der Waals surface area (Å²) in [4.78, 5) is 32.3. The van der Waals surface area contributed by atoms with Crippen molar-refractivity contribution in [2.24, 2.45) is 13.0 Å². The number of nitrogens with one attached hydrogen (secondary N) is 3. The van der Waals surface area contributed by atoms with E-state index in [1.165, 1.54) is 30.3 Å². The number of fused-ring (bicyclic) bond motifs is 1. The molecule has 8 nitrogen and oxygen atoms in total. The van der Waals surface area contributed by atoms with E-state index in [2.05, 4.69) is 25.8 Å². The van der Waals surface area contributed by atoms with Crippen LogP contribution in [0.5, 0.6) is 0 Å². The SMILES string of the molecule is CC(C(=O)NCc1ccc(Cl)c(Nc2nc3cc(C(=O)Nc4ccc(F)c(Cl)c4)c(N4CCCC4)cc3n2C)c1Cl)C(F)(F)F. The number of amides is 2. The zero-order valence-electron chi connectivity index (χ0n) is 24.0. The summed E-state index contributed by atoms with van der Waals surface area (Å²) in [6.45, 7) is 2.03. The number of hydrogen-bond donors (Lipinski definition) is 3. The van der Waals surface area contributed by atoms with Crippen LogP contribution in [0.4, 0.5) is 40.6 Å². The van der Waals surface area contributed by atoms with Crippen molar-refractivity contribution < 1.29 is 27.2 Å². The number of benzene rings is 3. The first-order valence-electron chi connectivity index (χ1n) is 13.8. The van der Waals surface area contributed by atoms with E-state index in [1.54, 1.807) is 17.7 Å². The van der Waals surface area contributed by atoms with Crippen molar-refractivity contribution in [3.05, 3.63) is 74.5 Å². The summed E-state index contributed by atoms with van der Waals surface area (Å²) in [6.07, 6.45) is -2.74. The van der Waals surface area contributed by atoms with Crippen LogP contribution >= 0.6 is 34.8 Å². The number of imidazole rings is 1. The lowest BCUT2D eigenvalue weighted by Crippen LogP contribution is -2.37. The second-order valence-electron chi connectivity index (χ2n) is 10.6. The lowest BCUT2D eigenvalue weighted by molar-refractivity contribution is -0.178. The normalized spacial score (nSPS) is 14.1. The minimum absolute atomic E-state index is 0.0882. The van der Waals surface area contributed by atoms with Gasteiger partial charge in [-0.3, -0.25) is 9.59 Å². The number of anilines is 4. The van der Waals surface area contributed by atoms with Crippen LogP contribution in [0.15, 0.2) is 42.5 Å². The molecule has 0 saturated carbocycles. The van der Waals surface area contributed by atoms with Crippen molar-refractivity contribution in [1.29, 1.82) is 0 Å². The van der Waals surface area contributed by atoms with E-state index >= 15 is 0 Å². The van der Waals surface area contributed by atoms with Gasteiger partial charge in [0.15, 0.2) is 0 Å². The van der Waals surface area contributed by atoms with Gasteiger partial charge in [-0.05, 0) is 61.7 Å². The Morgan fingerprint density at radius 2 is 1.73 bits per heavy atom. The third-order valence-electron chi connectivity index (χ3n) is 7.61. The van der Waals surface area contributed by atoms with Crippen molar-refractivity contribution in [3.63, 3.8) is 0 Å². The maximum absolute atomic E-state index is 13.7. The molecule has 1 unspecified atom stereocenters. The summed E-state index contributed by atoms with van der Waals surface area (Å²) < 4.78 is 54.2. The van der Waals surface area contributed by atoms with E-state index in [9.17, 15) is 27.2 Å². The molecule has 2 heterocycles. The zero-order chi connectivity index (χ0) is 32.6. The first-order chi connectivity index (χ1) is 21.2. The Balaban J connectivity index is 1.46. The average Bonchev–Trinajstić information content (AvgIpc) is 3.63. The van der Waals surface area contributed by atoms with Crippen LogP contribution in [0.1, 0.15) is 35.7 Å². The van der Waals surface area contributed by atoms with Gasteiger partial charge in [0.05, 0.1) is 43.0 Å². The summed E-state index contributed by atoms with van der Waals surface area (Å²) >= 11 is 18.9. The Morgan fingerprint density at radius 3 is 2.40 bits per heavy atom. The molecular formula is C30H27Cl3F4N6O2. The van der Waals surface area contributed by atoms with E-state index in [0.29, 0.717) is 39.5 Å². The number of hydrogen-bond acceptors (Lipinski definition) is 5. The minimum Gasteiger partial charge on any atom is -0.371 e. The summed E-state index contributed by atoms with van der Waals surface area (Å²) in [5, 5.41) is 8.31. The largest absolute Gasteiger partial charge is 0.400 e. The highest BCUT2D eigenvalue weighted by Gasteiger charge is 2.41. The quantitative estimate of drug-likeness (QED) is 0.163. The second-order valence-corrected chi connectivity index (χ2v) is 11.8. The molecule has 45 heavy (non-hydrogen) atoms. The molecule has 1 fully saturated rings. The summed E-state index contributed by atoms with van der Waals surface area (Å²) in [7, 11) is 1.76. The number of alkyl halides is 3. The minimum atomic E-state index is -4.68. The maximum atomic E-state index is 13.7. The molecule has 0 radical (unpaired) electrons. The Morgan fingerprint density at radius 1 is 1.02 bits per heavy atom. The van der Waals surface area contributed by atoms with Crippen LogP contribution in [0.3, 0.4) is 0 Å². The number of halogens is 7. The zero-order valence-corrected chi connectivity index (χ0v) is 26.2. The van der Waals surface area contributed by atoms with Crippen LogP contribution in [0, 0.1) is 11.7 Å². The topological polar surface area (TPSA) is 91.3 Å². The Kier molecular flexibility index (Phi) is 9.39. The summed E-state index contributed by atoms with van der Waals surface area (Å²) in [5.41, 5.74) is 3.12. The van der Waals surface area contributed by atoms with Crippen LogP contribution in [-0.2, 0) is 18.4 Å². The monoisotopic (exact) mass is 684 g/mol. The molecule has 15 heteroatoms. The lowest BCUT2D eigenvalue weighted by Gasteiger charge is -2.21. The molecule has 0 aliphatic carbocycles. The molecule has 238 valence electrons. The molecular weight excluding hydrogens is 659 g/mol. The molecule has 0 bridgehead atoms. The third-order valence-corrected chi connectivity index (χ3v) is 8.65. The van der Waals surface area contributed by atoms with E-state index in [0.717, 1.165) is 32.9 Å². The van der Waals surface area contributed by atoms with Crippen LogP contribution < -0.4 is 20.9 Å². The fourth-order valence-corrected chi connectivity index (χ4v) is 5.67. The summed E-state index contributed by atoms with van der Waals surface area (Å²) in [6, 6.07) is 10.4. The molecule has 1 atom stereocenters. The number of aromatic nitrogens is 2. The summed E-state index contributed by atoms with van der Waals surface area (Å²) in [5.74, 6) is -4.09. The molecule has 3 N–H and O–H groups in total. The highest BCUT2D eigenvalue weighted by Crippen LogP contribution is 2.37. The van der Waals surface area contributed by atoms with Gasteiger partial charge in [0.1, 0.15) is 11.7 Å². The average molecular weight is 686 g/mol. The van der Waals surface area contributed by atoms with Gasteiger partial charge in [0.25, 0.3) is 5.91 Å². The highest BCUT2D eigenvalue weighted by molar-refractivity contribution is 6.39. The number of nitrogens with zero attached hydrogens (tertiary/aromatic N) is 3. The number of aryl methyl sites for hydroxylation is 1. The Labute approximate surface area is 270 Å². The molecule has 1 aromatic heterocycles. The van der Waals surface area contributed by atoms with Crippen molar-refractivity contribution in [1.82, 2.24) is 14.9 Å². The van der Waals surface area contributed by atoms with Gasteiger partial charge in [0.2, 0.25) is 11.9 Å². The van der Waals surface area contributed by atoms with E-state index in [1.807, 2.05) is 6.07 Å². The van der Waals surface area contributed by atoms with Gasteiger partial charge >= 0.3 is 6.18 Å². The molecule has 1 aliphatic rings. The van der Waals surface area contributed by atoms with Crippen molar-refractivity contribution in [2.45, 2.75) is 32.5 Å². The molecule has 0 spiro atoms. The van der Waals surface area contributed by atoms with Gasteiger partial charge in [-0.25, -0.2) is 9.37 Å². The van der Waals surface area contributed by atoms with Crippen LogP contribution in [0.25, 0.3) is 11.0 Å². The van der Waals surface area contributed by atoms with Gasteiger partial charge in [-0.2, -0.15) is 13.2 Å². The molecule has 3 aromatic carbocycles. The Hall–Kier alpha value is -3.74. The van der Waals surface area contributed by atoms with E-state index < -0.39 is 29.7 Å². The first-order valence-corrected chi connectivity index (χ1v) is 15.0. The molecule has 2 amide bonds. The number of carbonyl (C=O) groups is 2. The van der Waals surface area contributed by atoms with Gasteiger partial charge in [-0.15, -0.1) is 0 Å². The number of rotatable bonds is 8. The van der Waals surface area contributed by atoms with Crippen LogP contribution in [0.2, 0.25) is 15.1 Å². The molecule has 5 rings (SSSR count). The van der Waals surface area contributed by atoms with Gasteiger partial charge < -0.3 is 25.4 Å². The lowest BCUT2D eigenvalue weighted by atomic mass is 10.1. The molecule has 1 saturated heterocycles. The molecule has 1 aliphatic heterocycles. The second kappa shape index (κ2) is 12.9.